The summed E-state index contributed by atoms with van der Waals surface area (Å²) in [5, 5.41) is 7.52. The van der Waals surface area contributed by atoms with Gasteiger partial charge in [-0.15, -0.1) is 0 Å². The maximum absolute atomic E-state index is 12.6. The molecule has 0 N–H and O–H groups in total. The molecule has 33 heavy (non-hydrogen) atoms. The number of carbonyl (C=O) groups excluding carboxylic acids is 1. The van der Waals surface area contributed by atoms with Crippen LogP contribution in [0.25, 0.3) is 22.0 Å². The first-order valence-electron chi connectivity index (χ1n) is 10.7. The fourth-order valence-electron chi connectivity index (χ4n) is 4.51. The van der Waals surface area contributed by atoms with Gasteiger partial charge in [-0.3, -0.25) is 9.78 Å². The summed E-state index contributed by atoms with van der Waals surface area (Å²) in [6, 6.07) is 24.4. The molecule has 0 bridgehead atoms. The van der Waals surface area contributed by atoms with Crippen molar-refractivity contribution in [1.82, 2.24) is 9.99 Å². The van der Waals surface area contributed by atoms with E-state index in [9.17, 15) is 4.79 Å². The maximum Gasteiger partial charge on any atom is 0.240 e. The Labute approximate surface area is 209 Å². The standard InChI is InChI=1S/C27H21Br2N3O/c1-16-26(24-15-25(32(31-24)17(2)33)18-8-10-20(28)11-9-18)27(19-6-4-3-5-7-19)22-14-21(29)12-13-23(22)30-16/h3-14,25H,15H2,1-2H3/t25-/m0/s1. The molecule has 2 heterocycles. The van der Waals surface area contributed by atoms with Gasteiger partial charge >= 0.3 is 0 Å². The molecule has 0 fully saturated rings. The van der Waals surface area contributed by atoms with Crippen molar-refractivity contribution in [1.29, 1.82) is 0 Å². The topological polar surface area (TPSA) is 45.6 Å². The second kappa shape index (κ2) is 8.84. The van der Waals surface area contributed by atoms with Crippen molar-refractivity contribution in [3.05, 3.63) is 98.6 Å². The molecule has 4 nitrogen and oxygen atoms in total. The molecule has 1 aliphatic heterocycles. The quantitative estimate of drug-likeness (QED) is 0.260. The van der Waals surface area contributed by atoms with Crippen LogP contribution < -0.4 is 0 Å². The van der Waals surface area contributed by atoms with Crippen LogP contribution in [0, 0.1) is 6.92 Å². The van der Waals surface area contributed by atoms with E-state index in [1.165, 1.54) is 0 Å². The lowest BCUT2D eigenvalue weighted by Gasteiger charge is -2.20. The van der Waals surface area contributed by atoms with Gasteiger partial charge < -0.3 is 0 Å². The van der Waals surface area contributed by atoms with E-state index in [4.69, 9.17) is 10.1 Å². The summed E-state index contributed by atoms with van der Waals surface area (Å²) in [5.74, 6) is -0.0756. The van der Waals surface area contributed by atoms with Gasteiger partial charge in [0.25, 0.3) is 0 Å². The predicted molar refractivity (Wildman–Crippen MR) is 140 cm³/mol. The van der Waals surface area contributed by atoms with Crippen LogP contribution in [0.2, 0.25) is 0 Å². The minimum absolute atomic E-state index is 0.0756. The van der Waals surface area contributed by atoms with Crippen molar-refractivity contribution >= 4 is 54.4 Å². The Balaban J connectivity index is 1.73. The fourth-order valence-corrected chi connectivity index (χ4v) is 5.14. The van der Waals surface area contributed by atoms with E-state index >= 15 is 0 Å². The molecule has 0 saturated carbocycles. The molecular formula is C27H21Br2N3O. The van der Waals surface area contributed by atoms with Gasteiger partial charge in [0.05, 0.1) is 17.3 Å². The van der Waals surface area contributed by atoms with Gasteiger partial charge in [-0.25, -0.2) is 5.01 Å². The van der Waals surface area contributed by atoms with Crippen LogP contribution in [-0.4, -0.2) is 21.6 Å². The van der Waals surface area contributed by atoms with Crippen molar-refractivity contribution in [2.24, 2.45) is 5.10 Å². The highest BCUT2D eigenvalue weighted by molar-refractivity contribution is 9.10. The monoisotopic (exact) mass is 561 g/mol. The molecule has 164 valence electrons. The van der Waals surface area contributed by atoms with Crippen molar-refractivity contribution in [3.63, 3.8) is 0 Å². The number of benzene rings is 3. The first-order chi connectivity index (χ1) is 15.9. The van der Waals surface area contributed by atoms with E-state index in [2.05, 4.69) is 50.1 Å². The zero-order chi connectivity index (χ0) is 23.1. The molecule has 0 aliphatic carbocycles. The smallest absolute Gasteiger partial charge is 0.240 e. The predicted octanol–water partition coefficient (Wildman–Crippen LogP) is 7.43. The van der Waals surface area contributed by atoms with Crippen molar-refractivity contribution in [2.45, 2.75) is 26.3 Å². The largest absolute Gasteiger partial charge is 0.273 e. The Hall–Kier alpha value is -2.83. The fraction of sp³-hybridized carbons (Fsp3) is 0.148. The molecule has 0 unspecified atom stereocenters. The lowest BCUT2D eigenvalue weighted by Crippen LogP contribution is -2.24. The van der Waals surface area contributed by atoms with E-state index in [1.54, 1.807) is 11.9 Å². The summed E-state index contributed by atoms with van der Waals surface area (Å²) in [6.07, 6.45) is 0.628. The number of nitrogens with zero attached hydrogens (tertiary/aromatic N) is 3. The third-order valence-electron chi connectivity index (χ3n) is 5.97. The van der Waals surface area contributed by atoms with Crippen molar-refractivity contribution in [2.75, 3.05) is 0 Å². The number of halogens is 2. The number of hydrogen-bond donors (Lipinski definition) is 0. The summed E-state index contributed by atoms with van der Waals surface area (Å²) in [7, 11) is 0. The van der Waals surface area contributed by atoms with Gasteiger partial charge in [0.15, 0.2) is 0 Å². The first kappa shape index (κ1) is 22.0. The zero-order valence-corrected chi connectivity index (χ0v) is 21.4. The number of hydrazone groups is 1. The molecule has 6 heteroatoms. The van der Waals surface area contributed by atoms with E-state index < -0.39 is 0 Å². The molecule has 4 aromatic rings. The Bertz CT molecular complexity index is 1400. The SMILES string of the molecule is CC(=O)N1N=C(c2c(C)nc3ccc(Br)cc3c2-c2ccccc2)C[C@H]1c1ccc(Br)cc1. The molecule has 3 aromatic carbocycles. The van der Waals surface area contributed by atoms with Gasteiger partial charge in [-0.05, 0) is 48.4 Å². The Morgan fingerprint density at radius 2 is 1.64 bits per heavy atom. The van der Waals surface area contributed by atoms with Crippen LogP contribution in [0.5, 0.6) is 0 Å². The van der Waals surface area contributed by atoms with Crippen LogP contribution >= 0.6 is 31.9 Å². The number of carbonyl (C=O) groups is 1. The number of pyridine rings is 1. The highest BCUT2D eigenvalue weighted by Gasteiger charge is 2.33. The number of amides is 1. The minimum atomic E-state index is -0.146. The minimum Gasteiger partial charge on any atom is -0.273 e. The molecule has 1 amide bonds. The molecular weight excluding hydrogens is 542 g/mol. The molecule has 5 rings (SSSR count). The highest BCUT2D eigenvalue weighted by Crippen LogP contribution is 2.40. The Kier molecular flexibility index (Phi) is 5.89. The Morgan fingerprint density at radius 3 is 2.33 bits per heavy atom. The molecule has 1 aromatic heterocycles. The molecule has 1 atom stereocenters. The summed E-state index contributed by atoms with van der Waals surface area (Å²) >= 11 is 7.12. The van der Waals surface area contributed by atoms with Gasteiger partial charge in [0, 0.05) is 44.5 Å². The number of rotatable bonds is 3. The van der Waals surface area contributed by atoms with E-state index in [1.807, 2.05) is 61.5 Å². The third kappa shape index (κ3) is 4.13. The van der Waals surface area contributed by atoms with Gasteiger partial charge in [-0.1, -0.05) is 74.3 Å². The van der Waals surface area contributed by atoms with Crippen LogP contribution in [0.1, 0.15) is 36.2 Å². The second-order valence-corrected chi connectivity index (χ2v) is 9.99. The average Bonchev–Trinajstić information content (AvgIpc) is 3.25. The highest BCUT2D eigenvalue weighted by atomic mass is 79.9. The molecule has 0 radical (unpaired) electrons. The van der Waals surface area contributed by atoms with Crippen LogP contribution in [0.4, 0.5) is 0 Å². The van der Waals surface area contributed by atoms with E-state index in [0.717, 1.165) is 53.5 Å². The van der Waals surface area contributed by atoms with Crippen LogP contribution in [0.15, 0.2) is 86.8 Å². The summed E-state index contributed by atoms with van der Waals surface area (Å²) in [4.78, 5) is 17.5. The molecule has 0 saturated heterocycles. The zero-order valence-electron chi connectivity index (χ0n) is 18.2. The van der Waals surface area contributed by atoms with Gasteiger partial charge in [-0.2, -0.15) is 5.10 Å². The lowest BCUT2D eigenvalue weighted by molar-refractivity contribution is -0.130. The Morgan fingerprint density at radius 1 is 0.939 bits per heavy atom. The molecule has 0 spiro atoms. The number of fused-ring (bicyclic) bond motifs is 1. The normalized spacial score (nSPS) is 15.7. The first-order valence-corrected chi connectivity index (χ1v) is 12.3. The van der Waals surface area contributed by atoms with Crippen molar-refractivity contribution < 1.29 is 4.79 Å². The van der Waals surface area contributed by atoms with E-state index in [0.29, 0.717) is 6.42 Å². The maximum atomic E-state index is 12.6. The lowest BCUT2D eigenvalue weighted by atomic mass is 9.89. The molecule has 1 aliphatic rings. The van der Waals surface area contributed by atoms with Gasteiger partial charge in [0.1, 0.15) is 0 Å². The summed E-state index contributed by atoms with van der Waals surface area (Å²) in [6.45, 7) is 3.59. The van der Waals surface area contributed by atoms with Crippen LogP contribution in [0.3, 0.4) is 0 Å². The second-order valence-electron chi connectivity index (χ2n) is 8.16. The summed E-state index contributed by atoms with van der Waals surface area (Å²) < 4.78 is 2.00. The number of aryl methyl sites for hydroxylation is 1. The average molecular weight is 563 g/mol. The number of hydrogen-bond acceptors (Lipinski definition) is 3. The van der Waals surface area contributed by atoms with Crippen LogP contribution in [-0.2, 0) is 4.79 Å². The van der Waals surface area contributed by atoms with E-state index in [-0.39, 0.29) is 11.9 Å². The number of aromatic nitrogens is 1. The van der Waals surface area contributed by atoms with Crippen molar-refractivity contribution in [3.8, 4) is 11.1 Å². The summed E-state index contributed by atoms with van der Waals surface area (Å²) in [5.41, 5.74) is 6.97. The third-order valence-corrected chi connectivity index (χ3v) is 6.99. The van der Waals surface area contributed by atoms with Gasteiger partial charge in [0.2, 0.25) is 5.91 Å².